The maximum atomic E-state index is 8.91. The lowest BCUT2D eigenvalue weighted by atomic mass is 10.0. The summed E-state index contributed by atoms with van der Waals surface area (Å²) in [7, 11) is 0. The molecule has 0 radical (unpaired) electrons. The van der Waals surface area contributed by atoms with Gasteiger partial charge in [-0.1, -0.05) is 0 Å². The molecular weight excluding hydrogens is 222 g/mol. The molecule has 18 heavy (non-hydrogen) atoms. The summed E-state index contributed by atoms with van der Waals surface area (Å²) in [6.07, 6.45) is 6.61. The van der Waals surface area contributed by atoms with Gasteiger partial charge in [0.1, 0.15) is 0 Å². The third-order valence-electron chi connectivity index (χ3n) is 3.62. The number of hydrogen-bond acceptors (Lipinski definition) is 2. The molecule has 0 atom stereocenters. The minimum atomic E-state index is 0.713. The average molecular weight is 237 g/mol. The first-order chi connectivity index (χ1) is 8.79. The molecule has 0 amide bonds. The fourth-order valence-corrected chi connectivity index (χ4v) is 2.67. The number of aryl methyl sites for hydroxylation is 2. The smallest absolute Gasteiger partial charge is 0.0997 e. The van der Waals surface area contributed by atoms with E-state index in [9.17, 15) is 0 Å². The van der Waals surface area contributed by atoms with Crippen LogP contribution in [0.1, 0.15) is 35.4 Å². The first-order valence-corrected chi connectivity index (χ1v) is 6.36. The summed E-state index contributed by atoms with van der Waals surface area (Å²) in [5.41, 5.74) is 5.56. The molecule has 1 aliphatic carbocycles. The van der Waals surface area contributed by atoms with Crippen LogP contribution in [-0.4, -0.2) is 9.55 Å². The molecule has 90 valence electrons. The van der Waals surface area contributed by atoms with Crippen molar-refractivity contribution in [3.8, 4) is 11.8 Å². The van der Waals surface area contributed by atoms with Crippen LogP contribution < -0.4 is 0 Å². The minimum absolute atomic E-state index is 0.713. The van der Waals surface area contributed by atoms with Crippen molar-refractivity contribution < 1.29 is 0 Å². The van der Waals surface area contributed by atoms with Crippen molar-refractivity contribution in [3.63, 3.8) is 0 Å². The van der Waals surface area contributed by atoms with E-state index in [4.69, 9.17) is 5.26 Å². The molecule has 2 aromatic rings. The lowest BCUT2D eigenvalue weighted by Crippen LogP contribution is -2.07. The van der Waals surface area contributed by atoms with Gasteiger partial charge >= 0.3 is 0 Å². The number of nitrogens with zero attached hydrogens (tertiary/aromatic N) is 3. The Hall–Kier alpha value is -2.08. The predicted octanol–water partition coefficient (Wildman–Crippen LogP) is 2.93. The molecule has 0 bridgehead atoms. The second kappa shape index (κ2) is 4.30. The van der Waals surface area contributed by atoms with Crippen LogP contribution in [0.5, 0.6) is 0 Å². The highest BCUT2D eigenvalue weighted by molar-refractivity contribution is 5.47. The van der Waals surface area contributed by atoms with Gasteiger partial charge in [0.05, 0.1) is 23.7 Å². The van der Waals surface area contributed by atoms with Gasteiger partial charge in [-0.25, -0.2) is 4.98 Å². The number of aromatic nitrogens is 2. The van der Waals surface area contributed by atoms with E-state index in [1.165, 1.54) is 24.2 Å². The lowest BCUT2D eigenvalue weighted by molar-refractivity contribution is 0.655. The van der Waals surface area contributed by atoms with Gasteiger partial charge in [0, 0.05) is 11.4 Å². The number of nitriles is 1. The highest BCUT2D eigenvalue weighted by atomic mass is 15.1. The molecule has 3 heteroatoms. The summed E-state index contributed by atoms with van der Waals surface area (Å²) < 4.78 is 2.19. The van der Waals surface area contributed by atoms with Crippen molar-refractivity contribution in [1.29, 1.82) is 5.26 Å². The molecule has 0 unspecified atom stereocenters. The minimum Gasteiger partial charge on any atom is -0.303 e. The Morgan fingerprint density at radius 2 is 2.11 bits per heavy atom. The SMILES string of the molecule is Cc1cc(C#N)ccc1-n1cnc2c1CCCC2. The number of benzene rings is 1. The summed E-state index contributed by atoms with van der Waals surface area (Å²) in [5, 5.41) is 8.91. The topological polar surface area (TPSA) is 41.6 Å². The largest absolute Gasteiger partial charge is 0.303 e. The van der Waals surface area contributed by atoms with E-state index in [-0.39, 0.29) is 0 Å². The maximum absolute atomic E-state index is 8.91. The zero-order valence-electron chi connectivity index (χ0n) is 10.5. The number of imidazole rings is 1. The second-order valence-electron chi connectivity index (χ2n) is 4.83. The Balaban J connectivity index is 2.10. The van der Waals surface area contributed by atoms with Crippen LogP contribution in [-0.2, 0) is 12.8 Å². The Morgan fingerprint density at radius 1 is 1.28 bits per heavy atom. The fourth-order valence-electron chi connectivity index (χ4n) is 2.67. The third kappa shape index (κ3) is 1.70. The molecule has 1 aliphatic rings. The summed E-state index contributed by atoms with van der Waals surface area (Å²) in [4.78, 5) is 4.51. The maximum Gasteiger partial charge on any atom is 0.0997 e. The molecule has 0 spiro atoms. The lowest BCUT2D eigenvalue weighted by Gasteiger charge is -2.15. The van der Waals surface area contributed by atoms with Crippen LogP contribution in [0.25, 0.3) is 5.69 Å². The van der Waals surface area contributed by atoms with Crippen molar-refractivity contribution in [3.05, 3.63) is 47.0 Å². The van der Waals surface area contributed by atoms with E-state index in [0.717, 1.165) is 24.1 Å². The molecule has 0 saturated heterocycles. The summed E-state index contributed by atoms with van der Waals surface area (Å²) in [6, 6.07) is 8.00. The number of hydrogen-bond donors (Lipinski definition) is 0. The van der Waals surface area contributed by atoms with Crippen LogP contribution in [0.15, 0.2) is 24.5 Å². The van der Waals surface area contributed by atoms with Gasteiger partial charge in [0.2, 0.25) is 0 Å². The van der Waals surface area contributed by atoms with E-state index in [0.29, 0.717) is 5.56 Å². The molecule has 3 rings (SSSR count). The number of fused-ring (bicyclic) bond motifs is 1. The van der Waals surface area contributed by atoms with E-state index < -0.39 is 0 Å². The standard InChI is InChI=1S/C15H15N3/c1-11-8-12(9-16)6-7-14(11)18-10-17-13-4-2-3-5-15(13)18/h6-8,10H,2-5H2,1H3. The van der Waals surface area contributed by atoms with Gasteiger partial charge in [0.15, 0.2) is 0 Å². The third-order valence-corrected chi connectivity index (χ3v) is 3.62. The van der Waals surface area contributed by atoms with Gasteiger partial charge in [-0.15, -0.1) is 0 Å². The van der Waals surface area contributed by atoms with Crippen molar-refractivity contribution in [1.82, 2.24) is 9.55 Å². The van der Waals surface area contributed by atoms with Gasteiger partial charge < -0.3 is 4.57 Å². The van der Waals surface area contributed by atoms with Crippen molar-refractivity contribution >= 4 is 0 Å². The summed E-state index contributed by atoms with van der Waals surface area (Å²) in [5.74, 6) is 0. The Labute approximate surface area is 107 Å². The normalized spacial score (nSPS) is 14.0. The van der Waals surface area contributed by atoms with Crippen molar-refractivity contribution in [2.45, 2.75) is 32.6 Å². The zero-order chi connectivity index (χ0) is 12.5. The summed E-state index contributed by atoms with van der Waals surface area (Å²) in [6.45, 7) is 2.05. The molecule has 0 fully saturated rings. The van der Waals surface area contributed by atoms with Gasteiger partial charge in [-0.3, -0.25) is 0 Å². The summed E-state index contributed by atoms with van der Waals surface area (Å²) >= 11 is 0. The molecular formula is C15H15N3. The molecule has 3 nitrogen and oxygen atoms in total. The Kier molecular flexibility index (Phi) is 2.64. The highest BCUT2D eigenvalue weighted by Crippen LogP contribution is 2.25. The van der Waals surface area contributed by atoms with Crippen LogP contribution >= 0.6 is 0 Å². The molecule has 0 saturated carbocycles. The Morgan fingerprint density at radius 3 is 2.89 bits per heavy atom. The second-order valence-corrected chi connectivity index (χ2v) is 4.83. The van der Waals surface area contributed by atoms with Crippen LogP contribution in [0.4, 0.5) is 0 Å². The van der Waals surface area contributed by atoms with E-state index >= 15 is 0 Å². The van der Waals surface area contributed by atoms with Crippen LogP contribution in [0, 0.1) is 18.3 Å². The monoisotopic (exact) mass is 237 g/mol. The molecule has 1 aromatic carbocycles. The molecule has 0 aliphatic heterocycles. The van der Waals surface area contributed by atoms with E-state index in [1.807, 2.05) is 31.5 Å². The first kappa shape index (κ1) is 11.0. The fraction of sp³-hybridized carbons (Fsp3) is 0.333. The van der Waals surface area contributed by atoms with Crippen molar-refractivity contribution in [2.24, 2.45) is 0 Å². The van der Waals surface area contributed by atoms with Crippen LogP contribution in [0.3, 0.4) is 0 Å². The van der Waals surface area contributed by atoms with Crippen LogP contribution in [0.2, 0.25) is 0 Å². The van der Waals surface area contributed by atoms with Gasteiger partial charge in [-0.2, -0.15) is 5.26 Å². The Bertz CT molecular complexity index is 632. The molecule has 0 N–H and O–H groups in total. The van der Waals surface area contributed by atoms with E-state index in [1.54, 1.807) is 0 Å². The van der Waals surface area contributed by atoms with Gasteiger partial charge in [-0.05, 0) is 56.4 Å². The van der Waals surface area contributed by atoms with E-state index in [2.05, 4.69) is 15.6 Å². The average Bonchev–Trinajstić information content (AvgIpc) is 2.82. The predicted molar refractivity (Wildman–Crippen MR) is 69.7 cm³/mol. The molecule has 1 heterocycles. The zero-order valence-corrected chi connectivity index (χ0v) is 10.5. The highest BCUT2D eigenvalue weighted by Gasteiger charge is 2.16. The molecule has 1 aromatic heterocycles. The number of rotatable bonds is 1. The first-order valence-electron chi connectivity index (χ1n) is 6.36. The quantitative estimate of drug-likeness (QED) is 0.765. The van der Waals surface area contributed by atoms with Crippen molar-refractivity contribution in [2.75, 3.05) is 0 Å². The van der Waals surface area contributed by atoms with Gasteiger partial charge in [0.25, 0.3) is 0 Å².